The van der Waals surface area contributed by atoms with Gasteiger partial charge in [0.2, 0.25) is 0 Å². The van der Waals surface area contributed by atoms with Gasteiger partial charge in [0.15, 0.2) is 0 Å². The van der Waals surface area contributed by atoms with Gasteiger partial charge >= 0.3 is 12.1 Å². The lowest BCUT2D eigenvalue weighted by molar-refractivity contribution is -0.137. The number of rotatable bonds is 7. The van der Waals surface area contributed by atoms with E-state index in [0.29, 0.717) is 38.5 Å². The Morgan fingerprint density at radius 2 is 1.87 bits per heavy atom. The van der Waals surface area contributed by atoms with Crippen molar-refractivity contribution in [1.29, 1.82) is 0 Å². The molecule has 0 aliphatic carbocycles. The molecule has 3 rings (SSSR count). The summed E-state index contributed by atoms with van der Waals surface area (Å²) in [6.45, 7) is 7.61. The van der Waals surface area contributed by atoms with Crippen molar-refractivity contribution in [1.82, 2.24) is 4.90 Å². The Morgan fingerprint density at radius 1 is 1.19 bits per heavy atom. The number of carbonyl (C=O) groups excluding carboxylic acids is 1. The third-order valence-electron chi connectivity index (χ3n) is 5.35. The Balaban J connectivity index is 1.39. The van der Waals surface area contributed by atoms with Crippen molar-refractivity contribution in [3.63, 3.8) is 0 Å². The number of amides is 1. The minimum Gasteiger partial charge on any atom is -0.493 e. The monoisotopic (exact) mass is 432 g/mol. The van der Waals surface area contributed by atoms with Gasteiger partial charge in [0.25, 0.3) is 0 Å². The number of ether oxygens (including phenoxy) is 2. The van der Waals surface area contributed by atoms with E-state index in [2.05, 4.69) is 5.16 Å². The van der Waals surface area contributed by atoms with E-state index in [-0.39, 0.29) is 18.6 Å². The lowest BCUT2D eigenvalue weighted by Gasteiger charge is -2.33. The number of aliphatic carboxylic acids is 1. The molecule has 0 bridgehead atoms. The van der Waals surface area contributed by atoms with E-state index in [1.165, 1.54) is 0 Å². The van der Waals surface area contributed by atoms with Crippen molar-refractivity contribution in [3.8, 4) is 5.75 Å². The Morgan fingerprint density at radius 3 is 2.48 bits per heavy atom. The van der Waals surface area contributed by atoms with Crippen molar-refractivity contribution >= 4 is 17.8 Å². The predicted octanol–water partition coefficient (Wildman–Crippen LogP) is 4.07. The number of carboxylic acids is 1. The maximum absolute atomic E-state index is 12.2. The van der Waals surface area contributed by atoms with Gasteiger partial charge in [-0.15, -0.1) is 0 Å². The second kappa shape index (κ2) is 10.0. The predicted molar refractivity (Wildman–Crippen MR) is 115 cm³/mol. The minimum absolute atomic E-state index is 0.0803. The molecular formula is C23H32N2O6. The number of likely N-dealkylation sites (tertiary alicyclic amines) is 1. The summed E-state index contributed by atoms with van der Waals surface area (Å²) in [5.74, 6) is 0.371. The van der Waals surface area contributed by atoms with Gasteiger partial charge in [-0.25, -0.2) is 4.79 Å². The van der Waals surface area contributed by atoms with Crippen molar-refractivity contribution in [2.24, 2.45) is 11.1 Å². The minimum atomic E-state index is -0.825. The summed E-state index contributed by atoms with van der Waals surface area (Å²) in [4.78, 5) is 29.9. The van der Waals surface area contributed by atoms with Crippen LogP contribution < -0.4 is 4.74 Å². The molecule has 31 heavy (non-hydrogen) atoms. The van der Waals surface area contributed by atoms with E-state index in [1.807, 2.05) is 45.0 Å². The van der Waals surface area contributed by atoms with E-state index in [0.717, 1.165) is 29.9 Å². The fraction of sp³-hybridized carbons (Fsp3) is 0.609. The van der Waals surface area contributed by atoms with Gasteiger partial charge < -0.3 is 24.3 Å². The molecule has 2 aliphatic rings. The van der Waals surface area contributed by atoms with Crippen LogP contribution in [0.15, 0.2) is 29.4 Å². The van der Waals surface area contributed by atoms with Crippen LogP contribution in [0.3, 0.4) is 0 Å². The summed E-state index contributed by atoms with van der Waals surface area (Å²) in [6, 6.07) is 7.72. The van der Waals surface area contributed by atoms with E-state index >= 15 is 0 Å². The second-order valence-corrected chi connectivity index (χ2v) is 9.15. The zero-order valence-electron chi connectivity index (χ0n) is 18.5. The summed E-state index contributed by atoms with van der Waals surface area (Å²) in [5.41, 5.74) is 1.31. The highest BCUT2D eigenvalue weighted by Gasteiger charge is 2.27. The Bertz CT molecular complexity index is 791. The molecule has 1 aromatic rings. The normalized spacial score (nSPS) is 19.5. The third-order valence-corrected chi connectivity index (χ3v) is 5.35. The van der Waals surface area contributed by atoms with E-state index in [1.54, 1.807) is 4.90 Å². The van der Waals surface area contributed by atoms with Crippen molar-refractivity contribution in [3.05, 3.63) is 29.8 Å². The fourth-order valence-corrected chi connectivity index (χ4v) is 3.60. The molecule has 0 saturated carbocycles. The molecular weight excluding hydrogens is 400 g/mol. The summed E-state index contributed by atoms with van der Waals surface area (Å²) in [6.07, 6.45) is 2.52. The van der Waals surface area contributed by atoms with Gasteiger partial charge in [-0.3, -0.25) is 4.79 Å². The van der Waals surface area contributed by atoms with Gasteiger partial charge in [0.1, 0.15) is 17.5 Å². The summed E-state index contributed by atoms with van der Waals surface area (Å²) in [5, 5.41) is 12.9. The zero-order valence-corrected chi connectivity index (χ0v) is 18.5. The molecule has 1 atom stereocenters. The quantitative estimate of drug-likeness (QED) is 0.697. The van der Waals surface area contributed by atoms with Crippen LogP contribution in [0.1, 0.15) is 58.4 Å². The average Bonchev–Trinajstić information content (AvgIpc) is 3.19. The molecule has 8 heteroatoms. The highest BCUT2D eigenvalue weighted by atomic mass is 16.6. The van der Waals surface area contributed by atoms with Gasteiger partial charge in [0, 0.05) is 25.9 Å². The number of carboxylic acid groups (broad SMARTS) is 1. The average molecular weight is 433 g/mol. The molecule has 0 aromatic heterocycles. The highest BCUT2D eigenvalue weighted by Crippen LogP contribution is 2.24. The van der Waals surface area contributed by atoms with Crippen molar-refractivity contribution in [2.45, 2.75) is 64.6 Å². The first-order valence-corrected chi connectivity index (χ1v) is 10.9. The molecule has 0 radical (unpaired) electrons. The van der Waals surface area contributed by atoms with Crippen LogP contribution in [0.2, 0.25) is 0 Å². The van der Waals surface area contributed by atoms with Crippen LogP contribution in [0.5, 0.6) is 5.75 Å². The largest absolute Gasteiger partial charge is 0.493 e. The lowest BCUT2D eigenvalue weighted by atomic mass is 9.98. The first kappa shape index (κ1) is 22.9. The topological polar surface area (TPSA) is 97.7 Å². The number of hydrogen-bond acceptors (Lipinski definition) is 6. The Labute approximate surface area is 183 Å². The summed E-state index contributed by atoms with van der Waals surface area (Å²) in [7, 11) is 0. The fourth-order valence-electron chi connectivity index (χ4n) is 3.60. The molecule has 1 fully saturated rings. The van der Waals surface area contributed by atoms with Crippen LogP contribution in [-0.2, 0) is 14.4 Å². The molecule has 1 unspecified atom stereocenters. The Kier molecular flexibility index (Phi) is 7.41. The summed E-state index contributed by atoms with van der Waals surface area (Å²) < 4.78 is 11.4. The summed E-state index contributed by atoms with van der Waals surface area (Å²) >= 11 is 0. The maximum Gasteiger partial charge on any atom is 0.410 e. The Hall–Kier alpha value is -2.77. The van der Waals surface area contributed by atoms with Crippen molar-refractivity contribution in [2.75, 3.05) is 19.7 Å². The third kappa shape index (κ3) is 7.15. The smallest absolute Gasteiger partial charge is 0.410 e. The van der Waals surface area contributed by atoms with Gasteiger partial charge in [-0.05, 0) is 75.8 Å². The van der Waals surface area contributed by atoms with Crippen LogP contribution in [0.4, 0.5) is 4.79 Å². The number of piperidine rings is 1. The van der Waals surface area contributed by atoms with Crippen LogP contribution in [0, 0.1) is 5.92 Å². The van der Waals surface area contributed by atoms with E-state index in [9.17, 15) is 9.59 Å². The van der Waals surface area contributed by atoms with Gasteiger partial charge in [-0.1, -0.05) is 5.16 Å². The maximum atomic E-state index is 12.2. The molecule has 1 amide bonds. The van der Waals surface area contributed by atoms with Crippen LogP contribution in [0.25, 0.3) is 0 Å². The van der Waals surface area contributed by atoms with Crippen molar-refractivity contribution < 1.29 is 29.0 Å². The molecule has 2 heterocycles. The van der Waals surface area contributed by atoms with Gasteiger partial charge in [-0.2, -0.15) is 0 Å². The van der Waals surface area contributed by atoms with Crippen LogP contribution >= 0.6 is 0 Å². The first-order valence-electron chi connectivity index (χ1n) is 10.9. The van der Waals surface area contributed by atoms with Gasteiger partial charge in [0.05, 0.1) is 12.3 Å². The molecule has 170 valence electrons. The number of benzene rings is 1. The van der Waals surface area contributed by atoms with E-state index < -0.39 is 11.6 Å². The first-order chi connectivity index (χ1) is 14.7. The number of oxime groups is 1. The molecule has 1 N–H and O–H groups in total. The SMILES string of the molecule is CC(C)(C)OC(=O)N1CCC(COc2ccc(C3=NOC(CCC(=O)O)C3)cc2)CC1. The number of carbonyl (C=O) groups is 2. The van der Waals surface area contributed by atoms with E-state index in [4.69, 9.17) is 19.4 Å². The molecule has 1 aromatic carbocycles. The lowest BCUT2D eigenvalue weighted by Crippen LogP contribution is -2.42. The molecule has 0 spiro atoms. The molecule has 8 nitrogen and oxygen atoms in total. The molecule has 2 aliphatic heterocycles. The standard InChI is InChI=1S/C23H32N2O6/c1-23(2,3)30-22(28)25-12-10-16(11-13-25)15-29-18-6-4-17(5-7-18)20-14-19(31-24-20)8-9-21(26)27/h4-7,16,19H,8-15H2,1-3H3,(H,26,27). The highest BCUT2D eigenvalue weighted by molar-refractivity contribution is 6.01. The number of nitrogens with zero attached hydrogens (tertiary/aromatic N) is 2. The van der Waals surface area contributed by atoms with Crippen LogP contribution in [-0.4, -0.2) is 59.2 Å². The number of hydrogen-bond donors (Lipinski definition) is 1. The molecule has 1 saturated heterocycles. The zero-order chi connectivity index (χ0) is 22.4. The second-order valence-electron chi connectivity index (χ2n) is 9.15.